The molecule has 2 aliphatic rings. The van der Waals surface area contributed by atoms with Crippen molar-refractivity contribution >= 4 is 29.4 Å². The zero-order valence-electron chi connectivity index (χ0n) is 22.3. The molecule has 1 unspecified atom stereocenters. The van der Waals surface area contributed by atoms with Crippen molar-refractivity contribution in [3.63, 3.8) is 0 Å². The summed E-state index contributed by atoms with van der Waals surface area (Å²) >= 11 is 0. The van der Waals surface area contributed by atoms with E-state index in [0.717, 1.165) is 11.1 Å². The lowest BCUT2D eigenvalue weighted by atomic mass is 9.90. The molecule has 4 rings (SSSR count). The molecular formula is C29H34N4O6. The van der Waals surface area contributed by atoms with Crippen molar-refractivity contribution in [2.24, 2.45) is 5.92 Å². The maximum absolute atomic E-state index is 13.5. The molecule has 4 amide bonds. The molecule has 0 aromatic heterocycles. The average molecular weight is 535 g/mol. The van der Waals surface area contributed by atoms with E-state index in [-0.39, 0.29) is 18.9 Å². The number of hydrogen-bond acceptors (Lipinski definition) is 6. The van der Waals surface area contributed by atoms with Gasteiger partial charge in [0.25, 0.3) is 11.8 Å². The Balaban J connectivity index is 1.58. The fraction of sp³-hybridized carbons (Fsp3) is 0.414. The van der Waals surface area contributed by atoms with Crippen LogP contribution in [-0.4, -0.2) is 71.1 Å². The predicted octanol–water partition coefficient (Wildman–Crippen LogP) is 0.856. The Hall–Kier alpha value is -4.05. The van der Waals surface area contributed by atoms with Gasteiger partial charge in [0.15, 0.2) is 5.60 Å². The minimum atomic E-state index is -2.01. The van der Waals surface area contributed by atoms with Crippen LogP contribution in [0.1, 0.15) is 44.7 Å². The van der Waals surface area contributed by atoms with Gasteiger partial charge in [-0.1, -0.05) is 48.5 Å². The molecule has 1 aliphatic heterocycles. The van der Waals surface area contributed by atoms with Gasteiger partial charge < -0.3 is 26.0 Å². The Bertz CT molecular complexity index is 1260. The third-order valence-corrected chi connectivity index (χ3v) is 7.37. The molecule has 2 aromatic rings. The summed E-state index contributed by atoms with van der Waals surface area (Å²) in [6.45, 7) is 5.25. The topological polar surface area (TPSA) is 145 Å². The van der Waals surface area contributed by atoms with Gasteiger partial charge in [0, 0.05) is 36.2 Å². The summed E-state index contributed by atoms with van der Waals surface area (Å²) in [6.07, 6.45) is 0.477. The molecule has 206 valence electrons. The minimum Gasteiger partial charge on any atom is -0.372 e. The molecule has 2 aromatic carbocycles. The number of likely N-dealkylation sites (N-methyl/N-ethyl adjacent to an activating group) is 1. The van der Waals surface area contributed by atoms with E-state index in [1.54, 1.807) is 45.0 Å². The molecule has 1 fully saturated rings. The summed E-state index contributed by atoms with van der Waals surface area (Å²) in [5.41, 5.74) is 0.266. The molecule has 10 heteroatoms. The number of rotatable bonds is 10. The highest BCUT2D eigenvalue weighted by atomic mass is 16.3. The van der Waals surface area contributed by atoms with Crippen LogP contribution in [-0.2, 0) is 29.6 Å². The third-order valence-electron chi connectivity index (χ3n) is 7.37. The van der Waals surface area contributed by atoms with Gasteiger partial charge in [-0.05, 0) is 44.7 Å². The Labute approximate surface area is 227 Å². The number of aliphatic hydroxyl groups is 1. The third kappa shape index (κ3) is 5.16. The lowest BCUT2D eigenvalue weighted by Gasteiger charge is -2.35. The van der Waals surface area contributed by atoms with E-state index in [2.05, 4.69) is 16.0 Å². The van der Waals surface area contributed by atoms with Gasteiger partial charge in [-0.3, -0.25) is 24.0 Å². The predicted molar refractivity (Wildman–Crippen MR) is 143 cm³/mol. The number of carbonyl (C=O) groups excluding carboxylic acids is 5. The van der Waals surface area contributed by atoms with Crippen LogP contribution in [0.2, 0.25) is 0 Å². The normalized spacial score (nSPS) is 17.6. The van der Waals surface area contributed by atoms with E-state index in [0.29, 0.717) is 24.1 Å². The van der Waals surface area contributed by atoms with Gasteiger partial charge in [-0.15, -0.1) is 0 Å². The van der Waals surface area contributed by atoms with Gasteiger partial charge in [-0.2, -0.15) is 0 Å². The SMILES string of the molecule is CCNC(=O)C(=O)[C@H](CC1CCNC1=O)N(C(=O)CNC(=O)C1(O)c2ccccc2-c2ccccc21)C(C)C. The van der Waals surface area contributed by atoms with Crippen LogP contribution in [0, 0.1) is 5.92 Å². The fourth-order valence-corrected chi connectivity index (χ4v) is 5.54. The van der Waals surface area contributed by atoms with Gasteiger partial charge in [0.05, 0.1) is 6.54 Å². The smallest absolute Gasteiger partial charge is 0.289 e. The number of nitrogens with one attached hydrogen (secondary N) is 3. The standard InChI is InChI=1S/C29H34N4O6/c1-4-30-27(37)25(35)23(15-18-13-14-31-26(18)36)33(17(2)3)24(34)16-32-28(38)29(39)21-11-7-5-9-19(21)20-10-6-8-12-22(20)29/h5-12,17-18,23,39H,4,13-16H2,1-3H3,(H,30,37)(H,31,36)(H,32,38)/t18?,23-/m0/s1. The van der Waals surface area contributed by atoms with Crippen LogP contribution in [0.3, 0.4) is 0 Å². The monoisotopic (exact) mass is 534 g/mol. The second-order valence-electron chi connectivity index (χ2n) is 10.1. The number of amides is 4. The average Bonchev–Trinajstić information content (AvgIpc) is 3.45. The van der Waals surface area contributed by atoms with Crippen molar-refractivity contribution < 1.29 is 29.1 Å². The first-order valence-electron chi connectivity index (χ1n) is 13.2. The molecule has 0 radical (unpaired) electrons. The Morgan fingerprint density at radius 1 is 1.03 bits per heavy atom. The van der Waals surface area contributed by atoms with Crippen molar-refractivity contribution in [2.45, 2.75) is 51.3 Å². The molecule has 0 spiro atoms. The molecule has 1 heterocycles. The molecule has 4 N–H and O–H groups in total. The Morgan fingerprint density at radius 2 is 1.62 bits per heavy atom. The van der Waals surface area contributed by atoms with Gasteiger partial charge in [0.1, 0.15) is 6.04 Å². The quantitative estimate of drug-likeness (QED) is 0.333. The number of benzene rings is 2. The fourth-order valence-electron chi connectivity index (χ4n) is 5.54. The van der Waals surface area contributed by atoms with Crippen molar-refractivity contribution in [3.05, 3.63) is 59.7 Å². The molecule has 1 saturated heterocycles. The Morgan fingerprint density at radius 3 is 2.13 bits per heavy atom. The zero-order chi connectivity index (χ0) is 28.3. The van der Waals surface area contributed by atoms with Crippen molar-refractivity contribution in [1.29, 1.82) is 0 Å². The highest BCUT2D eigenvalue weighted by molar-refractivity contribution is 6.38. The molecule has 10 nitrogen and oxygen atoms in total. The lowest BCUT2D eigenvalue weighted by Crippen LogP contribution is -2.56. The van der Waals surface area contributed by atoms with Crippen LogP contribution >= 0.6 is 0 Å². The van der Waals surface area contributed by atoms with Gasteiger partial charge in [-0.25, -0.2) is 0 Å². The molecule has 0 saturated carbocycles. The zero-order valence-corrected chi connectivity index (χ0v) is 22.3. The number of Topliss-reactive ketones (excluding diaryl/α,β-unsaturated/α-hetero) is 1. The summed E-state index contributed by atoms with van der Waals surface area (Å²) < 4.78 is 0. The van der Waals surface area contributed by atoms with Crippen LogP contribution in [0.15, 0.2) is 48.5 Å². The number of fused-ring (bicyclic) bond motifs is 3. The van der Waals surface area contributed by atoms with Crippen molar-refractivity contribution in [3.8, 4) is 11.1 Å². The summed E-state index contributed by atoms with van der Waals surface area (Å²) in [5, 5.41) is 19.4. The molecule has 2 atom stereocenters. The summed E-state index contributed by atoms with van der Waals surface area (Å²) in [6, 6.07) is 12.4. The van der Waals surface area contributed by atoms with Crippen LogP contribution in [0.5, 0.6) is 0 Å². The number of carbonyl (C=O) groups is 5. The minimum absolute atomic E-state index is 0.00957. The highest BCUT2D eigenvalue weighted by Crippen LogP contribution is 2.47. The summed E-state index contributed by atoms with van der Waals surface area (Å²) in [7, 11) is 0. The van der Waals surface area contributed by atoms with Crippen LogP contribution in [0.25, 0.3) is 11.1 Å². The van der Waals surface area contributed by atoms with Crippen molar-refractivity contribution in [2.75, 3.05) is 19.6 Å². The lowest BCUT2D eigenvalue weighted by molar-refractivity contribution is -0.148. The first-order valence-corrected chi connectivity index (χ1v) is 13.2. The van der Waals surface area contributed by atoms with E-state index >= 15 is 0 Å². The second-order valence-corrected chi connectivity index (χ2v) is 10.1. The first-order chi connectivity index (χ1) is 18.6. The number of hydrogen-bond donors (Lipinski definition) is 4. The molecule has 39 heavy (non-hydrogen) atoms. The number of ketones is 1. The Kier molecular flexibility index (Phi) is 8.15. The van der Waals surface area contributed by atoms with Crippen LogP contribution in [0.4, 0.5) is 0 Å². The van der Waals surface area contributed by atoms with Gasteiger partial charge >= 0.3 is 0 Å². The van der Waals surface area contributed by atoms with E-state index in [1.165, 1.54) is 4.90 Å². The molecule has 1 aliphatic carbocycles. The van der Waals surface area contributed by atoms with E-state index in [4.69, 9.17) is 0 Å². The van der Waals surface area contributed by atoms with E-state index in [1.807, 2.05) is 24.3 Å². The van der Waals surface area contributed by atoms with Gasteiger partial charge in [0.2, 0.25) is 17.6 Å². The van der Waals surface area contributed by atoms with E-state index in [9.17, 15) is 29.1 Å². The summed E-state index contributed by atoms with van der Waals surface area (Å²) in [4.78, 5) is 66.2. The first kappa shape index (κ1) is 28.0. The maximum atomic E-state index is 13.5. The largest absolute Gasteiger partial charge is 0.372 e. The maximum Gasteiger partial charge on any atom is 0.289 e. The number of nitrogens with zero attached hydrogens (tertiary/aromatic N) is 1. The highest BCUT2D eigenvalue weighted by Gasteiger charge is 2.48. The summed E-state index contributed by atoms with van der Waals surface area (Å²) in [5.74, 6) is -3.79. The molecular weight excluding hydrogens is 500 g/mol. The van der Waals surface area contributed by atoms with Crippen LogP contribution < -0.4 is 16.0 Å². The second kappa shape index (κ2) is 11.4. The van der Waals surface area contributed by atoms with Crippen molar-refractivity contribution in [1.82, 2.24) is 20.9 Å². The van der Waals surface area contributed by atoms with E-state index < -0.39 is 53.7 Å². The molecule has 0 bridgehead atoms.